The van der Waals surface area contributed by atoms with E-state index < -0.39 is 0 Å². The van der Waals surface area contributed by atoms with Gasteiger partial charge in [0.1, 0.15) is 5.76 Å². The van der Waals surface area contributed by atoms with Crippen LogP contribution in [0.2, 0.25) is 0 Å². The summed E-state index contributed by atoms with van der Waals surface area (Å²) >= 11 is 1.22. The van der Waals surface area contributed by atoms with Gasteiger partial charge in [-0.15, -0.1) is 0 Å². The summed E-state index contributed by atoms with van der Waals surface area (Å²) in [5.41, 5.74) is 0. The van der Waals surface area contributed by atoms with Crippen LogP contribution < -0.4 is 0 Å². The zero-order chi connectivity index (χ0) is 7.40. The number of rotatable bonds is 2. The van der Waals surface area contributed by atoms with Gasteiger partial charge in [0.25, 0.3) is 0 Å². The molecule has 10 heavy (non-hydrogen) atoms. The molecule has 2 nitrogen and oxygen atoms in total. The van der Waals surface area contributed by atoms with Gasteiger partial charge in [0.15, 0.2) is 5.12 Å². The van der Waals surface area contributed by atoms with Crippen LogP contribution in [-0.4, -0.2) is 11.4 Å². The lowest BCUT2D eigenvalue weighted by atomic mass is 10.4. The van der Waals surface area contributed by atoms with E-state index in [0.29, 0.717) is 6.42 Å². The summed E-state index contributed by atoms with van der Waals surface area (Å²) in [5.74, 6) is 0.736. The molecule has 54 valence electrons. The zero-order valence-corrected chi connectivity index (χ0v) is 6.48. The highest BCUT2D eigenvalue weighted by Crippen LogP contribution is 2.06. The van der Waals surface area contributed by atoms with E-state index in [1.165, 1.54) is 11.8 Å². The predicted molar refractivity (Wildman–Crippen MR) is 40.9 cm³/mol. The van der Waals surface area contributed by atoms with Crippen molar-refractivity contribution in [1.29, 1.82) is 0 Å². The molecule has 0 spiro atoms. The Morgan fingerprint density at radius 2 is 2.60 bits per heavy atom. The average Bonchev–Trinajstić information content (AvgIpc) is 2.40. The quantitative estimate of drug-likeness (QED) is 0.653. The van der Waals surface area contributed by atoms with Gasteiger partial charge in [-0.3, -0.25) is 4.79 Å². The van der Waals surface area contributed by atoms with Crippen LogP contribution in [0.1, 0.15) is 5.76 Å². The average molecular weight is 156 g/mol. The Balaban J connectivity index is 2.48. The fourth-order valence-electron chi connectivity index (χ4n) is 0.628. The van der Waals surface area contributed by atoms with E-state index in [9.17, 15) is 4.79 Å². The van der Waals surface area contributed by atoms with Gasteiger partial charge in [0.05, 0.1) is 12.7 Å². The van der Waals surface area contributed by atoms with E-state index in [1.54, 1.807) is 24.7 Å². The highest BCUT2D eigenvalue weighted by Gasteiger charge is 2.02. The Hall–Kier alpha value is -0.700. The molecular formula is C7H8O2S. The molecule has 1 rings (SSSR count). The van der Waals surface area contributed by atoms with Crippen LogP contribution in [0.4, 0.5) is 0 Å². The van der Waals surface area contributed by atoms with Gasteiger partial charge in [-0.05, 0) is 18.4 Å². The van der Waals surface area contributed by atoms with Crippen molar-refractivity contribution >= 4 is 16.9 Å². The van der Waals surface area contributed by atoms with Gasteiger partial charge in [0.2, 0.25) is 0 Å². The topological polar surface area (TPSA) is 30.2 Å². The molecule has 0 aliphatic rings. The van der Waals surface area contributed by atoms with E-state index in [4.69, 9.17) is 4.42 Å². The van der Waals surface area contributed by atoms with Crippen LogP contribution in [0.25, 0.3) is 0 Å². The highest BCUT2D eigenvalue weighted by molar-refractivity contribution is 8.13. The molecule has 0 aliphatic heterocycles. The predicted octanol–water partition coefficient (Wildman–Crippen LogP) is 1.71. The second kappa shape index (κ2) is 3.46. The third-order valence-corrected chi connectivity index (χ3v) is 1.73. The number of hydrogen-bond acceptors (Lipinski definition) is 3. The maximum Gasteiger partial charge on any atom is 0.196 e. The zero-order valence-electron chi connectivity index (χ0n) is 5.66. The molecule has 0 unspecified atom stereocenters. The van der Waals surface area contributed by atoms with Crippen LogP contribution in [0, 0.1) is 0 Å². The molecule has 3 heteroatoms. The van der Waals surface area contributed by atoms with Crippen molar-refractivity contribution in [1.82, 2.24) is 0 Å². The molecule has 1 heterocycles. The molecule has 0 saturated carbocycles. The van der Waals surface area contributed by atoms with Crippen LogP contribution in [-0.2, 0) is 11.2 Å². The lowest BCUT2D eigenvalue weighted by Crippen LogP contribution is -1.93. The van der Waals surface area contributed by atoms with E-state index in [-0.39, 0.29) is 5.12 Å². The second-order valence-electron chi connectivity index (χ2n) is 1.83. The SMILES string of the molecule is CSC(=O)Cc1ccco1. The van der Waals surface area contributed by atoms with Gasteiger partial charge < -0.3 is 4.42 Å². The standard InChI is InChI=1S/C7H8O2S/c1-10-7(8)5-6-3-2-4-9-6/h2-4H,5H2,1H3. The molecular weight excluding hydrogens is 148 g/mol. The maximum absolute atomic E-state index is 10.8. The third-order valence-electron chi connectivity index (χ3n) is 1.13. The van der Waals surface area contributed by atoms with Gasteiger partial charge in [-0.25, -0.2) is 0 Å². The summed E-state index contributed by atoms with van der Waals surface area (Å²) in [6.07, 6.45) is 3.74. The molecule has 0 aliphatic carbocycles. The largest absolute Gasteiger partial charge is 0.469 e. The summed E-state index contributed by atoms with van der Waals surface area (Å²) in [6, 6.07) is 3.58. The molecule has 0 atom stereocenters. The lowest BCUT2D eigenvalue weighted by Gasteiger charge is -1.90. The molecule has 0 N–H and O–H groups in total. The first-order valence-electron chi connectivity index (χ1n) is 2.92. The molecule has 1 aromatic rings. The summed E-state index contributed by atoms with van der Waals surface area (Å²) in [7, 11) is 0. The number of thioether (sulfide) groups is 1. The van der Waals surface area contributed by atoms with Crippen molar-refractivity contribution in [3.8, 4) is 0 Å². The van der Waals surface area contributed by atoms with Crippen LogP contribution in [0.5, 0.6) is 0 Å². The first kappa shape index (κ1) is 7.41. The van der Waals surface area contributed by atoms with Crippen molar-refractivity contribution in [2.75, 3.05) is 6.26 Å². The van der Waals surface area contributed by atoms with Crippen molar-refractivity contribution in [3.63, 3.8) is 0 Å². The minimum absolute atomic E-state index is 0.134. The number of carbonyl (C=O) groups is 1. The number of carbonyl (C=O) groups excluding carboxylic acids is 1. The Morgan fingerprint density at radius 1 is 1.80 bits per heavy atom. The van der Waals surface area contributed by atoms with Gasteiger partial charge in [0, 0.05) is 0 Å². The summed E-state index contributed by atoms with van der Waals surface area (Å²) < 4.78 is 4.97. The molecule has 1 aromatic heterocycles. The first-order valence-corrected chi connectivity index (χ1v) is 4.14. The van der Waals surface area contributed by atoms with Crippen LogP contribution in [0.15, 0.2) is 22.8 Å². The molecule has 0 radical (unpaired) electrons. The van der Waals surface area contributed by atoms with E-state index >= 15 is 0 Å². The summed E-state index contributed by atoms with van der Waals surface area (Å²) in [5, 5.41) is 0.134. The van der Waals surface area contributed by atoms with Crippen molar-refractivity contribution in [2.45, 2.75) is 6.42 Å². The number of hydrogen-bond donors (Lipinski definition) is 0. The third kappa shape index (κ3) is 1.92. The lowest BCUT2D eigenvalue weighted by molar-refractivity contribution is -0.110. The van der Waals surface area contributed by atoms with Crippen molar-refractivity contribution in [2.24, 2.45) is 0 Å². The Labute approximate surface area is 63.6 Å². The maximum atomic E-state index is 10.8. The molecule has 0 bridgehead atoms. The van der Waals surface area contributed by atoms with E-state index in [0.717, 1.165) is 5.76 Å². The highest BCUT2D eigenvalue weighted by atomic mass is 32.2. The molecule has 0 amide bonds. The minimum Gasteiger partial charge on any atom is -0.469 e. The smallest absolute Gasteiger partial charge is 0.196 e. The van der Waals surface area contributed by atoms with Gasteiger partial charge in [-0.1, -0.05) is 11.8 Å². The Kier molecular flexibility index (Phi) is 2.57. The van der Waals surface area contributed by atoms with Gasteiger partial charge in [-0.2, -0.15) is 0 Å². The summed E-state index contributed by atoms with van der Waals surface area (Å²) in [6.45, 7) is 0. The summed E-state index contributed by atoms with van der Waals surface area (Å²) in [4.78, 5) is 10.8. The Bertz CT molecular complexity index is 203. The molecule has 0 aromatic carbocycles. The monoisotopic (exact) mass is 156 g/mol. The normalized spacial score (nSPS) is 9.70. The first-order chi connectivity index (χ1) is 4.83. The molecule has 0 fully saturated rings. The van der Waals surface area contributed by atoms with Crippen LogP contribution in [0.3, 0.4) is 0 Å². The second-order valence-corrected chi connectivity index (χ2v) is 2.70. The van der Waals surface area contributed by atoms with Crippen molar-refractivity contribution in [3.05, 3.63) is 24.2 Å². The van der Waals surface area contributed by atoms with Gasteiger partial charge >= 0.3 is 0 Å². The minimum atomic E-state index is 0.134. The fraction of sp³-hybridized carbons (Fsp3) is 0.286. The van der Waals surface area contributed by atoms with E-state index in [1.807, 2.05) is 0 Å². The van der Waals surface area contributed by atoms with Crippen molar-refractivity contribution < 1.29 is 9.21 Å². The van der Waals surface area contributed by atoms with E-state index in [2.05, 4.69) is 0 Å². The number of furan rings is 1. The Morgan fingerprint density at radius 3 is 3.10 bits per heavy atom. The fourth-order valence-corrected chi connectivity index (χ4v) is 0.914. The van der Waals surface area contributed by atoms with Crippen LogP contribution >= 0.6 is 11.8 Å². The molecule has 0 saturated heterocycles.